The summed E-state index contributed by atoms with van der Waals surface area (Å²) >= 11 is 2.17. The smallest absolute Gasteiger partial charge is 0.257 e. The van der Waals surface area contributed by atoms with E-state index in [9.17, 15) is 9.18 Å². The summed E-state index contributed by atoms with van der Waals surface area (Å²) in [5.74, 6) is -0.742. The molecule has 2 N–H and O–H groups in total. The van der Waals surface area contributed by atoms with Gasteiger partial charge in [0.2, 0.25) is 0 Å². The highest BCUT2D eigenvalue weighted by Gasteiger charge is 2.15. The van der Waals surface area contributed by atoms with Crippen LogP contribution in [0.4, 0.5) is 15.8 Å². The van der Waals surface area contributed by atoms with E-state index in [0.29, 0.717) is 17.8 Å². The zero-order valence-electron chi connectivity index (χ0n) is 11.6. The molecule has 21 heavy (non-hydrogen) atoms. The number of hydrogen-bond donors (Lipinski definition) is 2. The zero-order valence-corrected chi connectivity index (χ0v) is 13.8. The van der Waals surface area contributed by atoms with Gasteiger partial charge < -0.3 is 10.6 Å². The summed E-state index contributed by atoms with van der Waals surface area (Å²) in [5, 5.41) is 5.76. The Balaban J connectivity index is 2.24. The van der Waals surface area contributed by atoms with Crippen molar-refractivity contribution in [3.8, 4) is 0 Å². The van der Waals surface area contributed by atoms with Crippen LogP contribution in [0, 0.1) is 9.39 Å². The second-order valence-electron chi connectivity index (χ2n) is 4.55. The van der Waals surface area contributed by atoms with E-state index in [2.05, 4.69) is 33.2 Å². The fourth-order valence-corrected chi connectivity index (χ4v) is 2.45. The molecule has 2 aromatic carbocycles. The molecule has 1 amide bonds. The second kappa shape index (κ2) is 7.40. The molecule has 0 saturated carbocycles. The van der Waals surface area contributed by atoms with Crippen LogP contribution in [-0.4, -0.2) is 12.5 Å². The Morgan fingerprint density at radius 1 is 1.24 bits per heavy atom. The minimum atomic E-state index is -0.418. The maximum Gasteiger partial charge on any atom is 0.257 e. The number of halogens is 2. The Morgan fingerprint density at radius 2 is 2.00 bits per heavy atom. The van der Waals surface area contributed by atoms with E-state index in [1.54, 1.807) is 12.1 Å². The number of anilines is 2. The summed E-state index contributed by atoms with van der Waals surface area (Å²) in [5.41, 5.74) is 1.25. The van der Waals surface area contributed by atoms with Crippen LogP contribution in [-0.2, 0) is 0 Å². The van der Waals surface area contributed by atoms with Crippen molar-refractivity contribution < 1.29 is 9.18 Å². The van der Waals surface area contributed by atoms with Crippen LogP contribution in [0.3, 0.4) is 0 Å². The van der Waals surface area contributed by atoms with Crippen LogP contribution < -0.4 is 10.6 Å². The summed E-state index contributed by atoms with van der Waals surface area (Å²) < 4.78 is 14.9. The Kier molecular flexibility index (Phi) is 5.55. The molecular weight excluding hydrogens is 382 g/mol. The largest absolute Gasteiger partial charge is 0.382 e. The van der Waals surface area contributed by atoms with Crippen molar-refractivity contribution in [1.82, 2.24) is 0 Å². The predicted molar refractivity (Wildman–Crippen MR) is 92.3 cm³/mol. The first-order chi connectivity index (χ1) is 10.1. The highest BCUT2D eigenvalue weighted by atomic mass is 127. The van der Waals surface area contributed by atoms with E-state index in [-0.39, 0.29) is 11.6 Å². The monoisotopic (exact) mass is 398 g/mol. The summed E-state index contributed by atoms with van der Waals surface area (Å²) in [6.07, 6.45) is 0.853. The van der Waals surface area contributed by atoms with Gasteiger partial charge in [-0.1, -0.05) is 19.1 Å². The predicted octanol–water partition coefficient (Wildman–Crippen LogP) is 4.50. The molecule has 2 rings (SSSR count). The lowest BCUT2D eigenvalue weighted by Gasteiger charge is -2.12. The molecule has 5 heteroatoms. The Morgan fingerprint density at radius 3 is 2.71 bits per heavy atom. The van der Waals surface area contributed by atoms with Crippen molar-refractivity contribution in [1.29, 1.82) is 0 Å². The van der Waals surface area contributed by atoms with E-state index >= 15 is 0 Å². The molecule has 2 aromatic rings. The minimum absolute atomic E-state index is 0.252. The van der Waals surface area contributed by atoms with Gasteiger partial charge in [-0.15, -0.1) is 0 Å². The number of nitrogens with one attached hydrogen (secondary N) is 2. The quantitative estimate of drug-likeness (QED) is 0.729. The lowest BCUT2D eigenvalue weighted by Crippen LogP contribution is -2.16. The summed E-state index contributed by atoms with van der Waals surface area (Å²) in [6.45, 7) is 2.60. The number of benzene rings is 2. The minimum Gasteiger partial charge on any atom is -0.382 e. The molecule has 0 radical (unpaired) electrons. The van der Waals surface area contributed by atoms with Gasteiger partial charge in [0.15, 0.2) is 0 Å². The Hall–Kier alpha value is -1.63. The van der Waals surface area contributed by atoms with Crippen LogP contribution in [0.2, 0.25) is 0 Å². The fraction of sp³-hybridized carbons (Fsp3) is 0.188. The van der Waals surface area contributed by atoms with Gasteiger partial charge in [0.05, 0.1) is 11.3 Å². The lowest BCUT2D eigenvalue weighted by molar-refractivity contribution is 0.102. The Labute approximate surface area is 137 Å². The van der Waals surface area contributed by atoms with Crippen LogP contribution >= 0.6 is 22.6 Å². The average Bonchev–Trinajstić information content (AvgIpc) is 2.45. The molecule has 0 spiro atoms. The van der Waals surface area contributed by atoms with Gasteiger partial charge in [0, 0.05) is 15.8 Å². The molecule has 0 saturated heterocycles. The van der Waals surface area contributed by atoms with Crippen LogP contribution in [0.25, 0.3) is 0 Å². The van der Waals surface area contributed by atoms with Gasteiger partial charge in [-0.3, -0.25) is 4.79 Å². The summed E-state index contributed by atoms with van der Waals surface area (Å²) in [7, 11) is 0. The second-order valence-corrected chi connectivity index (χ2v) is 5.80. The third-order valence-corrected chi connectivity index (χ3v) is 3.56. The molecular formula is C16H16FIN2O. The number of carbonyl (C=O) groups excluding carboxylic acids is 1. The molecule has 0 aliphatic heterocycles. The lowest BCUT2D eigenvalue weighted by atomic mass is 10.1. The van der Waals surface area contributed by atoms with Crippen molar-refractivity contribution in [3.63, 3.8) is 0 Å². The fourth-order valence-electron chi connectivity index (χ4n) is 1.91. The van der Waals surface area contributed by atoms with Gasteiger partial charge in [0.25, 0.3) is 5.91 Å². The Bertz CT molecular complexity index is 646. The molecule has 0 aromatic heterocycles. The van der Waals surface area contributed by atoms with E-state index < -0.39 is 5.82 Å². The molecule has 3 nitrogen and oxygen atoms in total. The van der Waals surface area contributed by atoms with E-state index in [4.69, 9.17) is 0 Å². The highest BCUT2D eigenvalue weighted by molar-refractivity contribution is 14.1. The molecule has 0 heterocycles. The van der Waals surface area contributed by atoms with E-state index in [1.165, 1.54) is 12.1 Å². The zero-order chi connectivity index (χ0) is 15.2. The van der Waals surface area contributed by atoms with E-state index in [0.717, 1.165) is 9.99 Å². The van der Waals surface area contributed by atoms with E-state index in [1.807, 2.05) is 25.1 Å². The van der Waals surface area contributed by atoms with Crippen LogP contribution in [0.15, 0.2) is 42.5 Å². The number of amides is 1. The number of para-hydroxylation sites is 1. The first kappa shape index (κ1) is 15.8. The van der Waals surface area contributed by atoms with Crippen molar-refractivity contribution in [2.24, 2.45) is 0 Å². The number of rotatable bonds is 5. The summed E-state index contributed by atoms with van der Waals surface area (Å²) in [6, 6.07) is 12.0. The molecule has 0 unspecified atom stereocenters. The van der Waals surface area contributed by atoms with Gasteiger partial charge >= 0.3 is 0 Å². The van der Waals surface area contributed by atoms with Gasteiger partial charge in [0.1, 0.15) is 5.82 Å². The standard InChI is InChI=1S/C16H16FIN2O/c1-2-9-19-15-13(7-4-8-14(15)17)16(21)20-12-6-3-5-11(18)10-12/h3-8,10,19H,2,9H2,1H3,(H,20,21). The third kappa shape index (κ3) is 4.17. The summed E-state index contributed by atoms with van der Waals surface area (Å²) in [4.78, 5) is 12.3. The molecule has 110 valence electrons. The van der Waals surface area contributed by atoms with Crippen LogP contribution in [0.1, 0.15) is 23.7 Å². The molecule has 0 aliphatic rings. The third-order valence-electron chi connectivity index (χ3n) is 2.89. The van der Waals surface area contributed by atoms with Gasteiger partial charge in [-0.05, 0) is 59.3 Å². The number of carbonyl (C=O) groups is 1. The van der Waals surface area contributed by atoms with Crippen molar-refractivity contribution in [2.45, 2.75) is 13.3 Å². The maximum atomic E-state index is 13.9. The molecule has 0 atom stereocenters. The maximum absolute atomic E-state index is 13.9. The van der Waals surface area contributed by atoms with Crippen molar-refractivity contribution in [3.05, 3.63) is 57.4 Å². The first-order valence-electron chi connectivity index (χ1n) is 6.71. The molecule has 0 bridgehead atoms. The topological polar surface area (TPSA) is 41.1 Å². The molecule has 0 aliphatic carbocycles. The molecule has 0 fully saturated rings. The van der Waals surface area contributed by atoms with Crippen LogP contribution in [0.5, 0.6) is 0 Å². The van der Waals surface area contributed by atoms with Gasteiger partial charge in [-0.2, -0.15) is 0 Å². The highest BCUT2D eigenvalue weighted by Crippen LogP contribution is 2.22. The van der Waals surface area contributed by atoms with Crippen molar-refractivity contribution >= 4 is 39.9 Å². The first-order valence-corrected chi connectivity index (χ1v) is 7.79. The van der Waals surface area contributed by atoms with Crippen molar-refractivity contribution in [2.75, 3.05) is 17.2 Å². The number of hydrogen-bond acceptors (Lipinski definition) is 2. The SMILES string of the molecule is CCCNc1c(F)cccc1C(=O)Nc1cccc(I)c1. The average molecular weight is 398 g/mol. The normalized spacial score (nSPS) is 10.2. The van der Waals surface area contributed by atoms with Gasteiger partial charge in [-0.25, -0.2) is 4.39 Å².